The smallest absolute Gasteiger partial charge is 0.341 e. The number of carbonyl (C=O) groups is 2. The highest BCUT2D eigenvalue weighted by Gasteiger charge is 2.31. The van der Waals surface area contributed by atoms with Crippen molar-refractivity contribution in [1.29, 1.82) is 0 Å². The van der Waals surface area contributed by atoms with E-state index in [1.807, 2.05) is 0 Å². The number of fused-ring (bicyclic) bond motifs is 1. The monoisotopic (exact) mass is 294 g/mol. The number of methoxy groups -OCH3 is 1. The van der Waals surface area contributed by atoms with Crippen LogP contribution in [-0.2, 0) is 22.5 Å². The molecule has 0 aliphatic carbocycles. The van der Waals surface area contributed by atoms with Gasteiger partial charge in [0, 0.05) is 24.4 Å². The maximum absolute atomic E-state index is 12.1. The molecule has 20 heavy (non-hydrogen) atoms. The summed E-state index contributed by atoms with van der Waals surface area (Å²) in [6.45, 7) is 2.34. The van der Waals surface area contributed by atoms with Gasteiger partial charge in [-0.15, -0.1) is 11.3 Å². The predicted octanol–water partition coefficient (Wildman–Crippen LogP) is 1.70. The molecule has 108 valence electrons. The van der Waals surface area contributed by atoms with Gasteiger partial charge in [-0.25, -0.2) is 4.79 Å². The van der Waals surface area contributed by atoms with Gasteiger partial charge in [0.25, 0.3) is 0 Å². The van der Waals surface area contributed by atoms with Crippen LogP contribution >= 0.6 is 11.3 Å². The first-order chi connectivity index (χ1) is 9.72. The van der Waals surface area contributed by atoms with Gasteiger partial charge in [0.1, 0.15) is 5.00 Å². The van der Waals surface area contributed by atoms with Crippen molar-refractivity contribution in [2.45, 2.75) is 32.2 Å². The van der Waals surface area contributed by atoms with Crippen LogP contribution in [0.15, 0.2) is 0 Å². The standard InChI is InChI=1S/C14H18N2O3S/c1-19-14(18)12-9-5-6-15-8-10(9)20-13(12)16-7-3-2-4-11(16)17/h15H,2-8H2,1H3. The molecule has 2 aliphatic heterocycles. The van der Waals surface area contributed by atoms with Gasteiger partial charge in [-0.1, -0.05) is 0 Å². The summed E-state index contributed by atoms with van der Waals surface area (Å²) in [5.74, 6) is -0.203. The van der Waals surface area contributed by atoms with E-state index in [0.717, 1.165) is 47.8 Å². The van der Waals surface area contributed by atoms with Crippen molar-refractivity contribution < 1.29 is 14.3 Å². The van der Waals surface area contributed by atoms with Crippen molar-refractivity contribution in [3.63, 3.8) is 0 Å². The molecule has 3 heterocycles. The van der Waals surface area contributed by atoms with Crippen LogP contribution in [0.2, 0.25) is 0 Å². The van der Waals surface area contributed by atoms with Gasteiger partial charge < -0.3 is 15.0 Å². The normalized spacial score (nSPS) is 18.9. The second-order valence-corrected chi connectivity index (χ2v) is 6.19. The number of nitrogens with one attached hydrogen (secondary N) is 1. The molecule has 0 aromatic carbocycles. The van der Waals surface area contributed by atoms with Gasteiger partial charge in [-0.2, -0.15) is 0 Å². The molecule has 6 heteroatoms. The Balaban J connectivity index is 2.06. The molecule has 1 fully saturated rings. The minimum atomic E-state index is -0.322. The number of carbonyl (C=O) groups excluding carboxylic acids is 2. The molecular formula is C14H18N2O3S. The number of anilines is 1. The van der Waals surface area contributed by atoms with Crippen LogP contribution < -0.4 is 10.2 Å². The van der Waals surface area contributed by atoms with Crippen LogP contribution in [0, 0.1) is 0 Å². The number of nitrogens with zero attached hydrogens (tertiary/aromatic N) is 1. The number of amides is 1. The Hall–Kier alpha value is -1.40. The minimum absolute atomic E-state index is 0.118. The number of piperidine rings is 1. The molecule has 0 spiro atoms. The Kier molecular flexibility index (Phi) is 3.76. The van der Waals surface area contributed by atoms with Crippen LogP contribution in [0.25, 0.3) is 0 Å². The quantitative estimate of drug-likeness (QED) is 0.843. The van der Waals surface area contributed by atoms with E-state index >= 15 is 0 Å². The van der Waals surface area contributed by atoms with E-state index in [9.17, 15) is 9.59 Å². The van der Waals surface area contributed by atoms with Crippen LogP contribution in [0.3, 0.4) is 0 Å². The van der Waals surface area contributed by atoms with Crippen LogP contribution in [-0.4, -0.2) is 32.1 Å². The lowest BCUT2D eigenvalue weighted by Crippen LogP contribution is -2.35. The van der Waals surface area contributed by atoms with E-state index in [-0.39, 0.29) is 11.9 Å². The van der Waals surface area contributed by atoms with E-state index in [2.05, 4.69) is 5.32 Å². The summed E-state index contributed by atoms with van der Waals surface area (Å²) in [7, 11) is 1.40. The van der Waals surface area contributed by atoms with Gasteiger partial charge in [0.15, 0.2) is 0 Å². The Morgan fingerprint density at radius 3 is 2.95 bits per heavy atom. The van der Waals surface area contributed by atoms with Gasteiger partial charge in [-0.05, 0) is 31.4 Å². The minimum Gasteiger partial charge on any atom is -0.465 e. The number of ether oxygens (including phenoxy) is 1. The molecule has 1 saturated heterocycles. The van der Waals surface area contributed by atoms with Gasteiger partial charge in [0.2, 0.25) is 5.91 Å². The SMILES string of the molecule is COC(=O)c1c(N2CCCCC2=O)sc2c1CCNC2. The highest BCUT2D eigenvalue weighted by molar-refractivity contribution is 7.17. The van der Waals surface area contributed by atoms with Crippen LogP contribution in [0.5, 0.6) is 0 Å². The second-order valence-electron chi connectivity index (χ2n) is 5.10. The predicted molar refractivity (Wildman–Crippen MR) is 77.3 cm³/mol. The van der Waals surface area contributed by atoms with Gasteiger partial charge in [-0.3, -0.25) is 4.79 Å². The first-order valence-electron chi connectivity index (χ1n) is 6.96. The maximum Gasteiger partial charge on any atom is 0.341 e. The zero-order chi connectivity index (χ0) is 14.1. The highest BCUT2D eigenvalue weighted by Crippen LogP contribution is 2.39. The molecule has 3 rings (SSSR count). The largest absolute Gasteiger partial charge is 0.465 e. The number of esters is 1. The second kappa shape index (κ2) is 5.54. The maximum atomic E-state index is 12.1. The van der Waals surface area contributed by atoms with Crippen molar-refractivity contribution in [2.24, 2.45) is 0 Å². The van der Waals surface area contributed by atoms with E-state index in [1.165, 1.54) is 7.11 Å². The summed E-state index contributed by atoms with van der Waals surface area (Å²) in [4.78, 5) is 27.2. The summed E-state index contributed by atoms with van der Waals surface area (Å²) in [6, 6.07) is 0. The van der Waals surface area contributed by atoms with Gasteiger partial charge in [0.05, 0.1) is 12.7 Å². The zero-order valence-electron chi connectivity index (χ0n) is 11.5. The molecule has 1 N–H and O–H groups in total. The highest BCUT2D eigenvalue weighted by atomic mass is 32.1. The van der Waals surface area contributed by atoms with Crippen molar-refractivity contribution >= 4 is 28.2 Å². The summed E-state index contributed by atoms with van der Waals surface area (Å²) < 4.78 is 4.94. The van der Waals surface area contributed by atoms with E-state index in [1.54, 1.807) is 16.2 Å². The van der Waals surface area contributed by atoms with Crippen molar-refractivity contribution in [3.8, 4) is 0 Å². The van der Waals surface area contributed by atoms with Crippen LogP contribution in [0.1, 0.15) is 40.1 Å². The van der Waals surface area contributed by atoms with E-state index in [4.69, 9.17) is 4.74 Å². The van der Waals surface area contributed by atoms with Crippen molar-refractivity contribution in [1.82, 2.24) is 5.32 Å². The van der Waals surface area contributed by atoms with Crippen molar-refractivity contribution in [2.75, 3.05) is 25.1 Å². The molecule has 0 bridgehead atoms. The molecule has 1 aromatic heterocycles. The lowest BCUT2D eigenvalue weighted by Gasteiger charge is -2.26. The number of hydrogen-bond donors (Lipinski definition) is 1. The first kappa shape index (κ1) is 13.6. The molecular weight excluding hydrogens is 276 g/mol. The third kappa shape index (κ3) is 2.23. The number of hydrogen-bond acceptors (Lipinski definition) is 5. The zero-order valence-corrected chi connectivity index (χ0v) is 12.3. The molecule has 5 nitrogen and oxygen atoms in total. The fraction of sp³-hybridized carbons (Fsp3) is 0.571. The lowest BCUT2D eigenvalue weighted by atomic mass is 10.0. The average Bonchev–Trinajstić information content (AvgIpc) is 2.86. The molecule has 0 atom stereocenters. The molecule has 1 aromatic rings. The fourth-order valence-electron chi connectivity index (χ4n) is 2.84. The Morgan fingerprint density at radius 2 is 2.20 bits per heavy atom. The third-order valence-electron chi connectivity index (χ3n) is 3.87. The first-order valence-corrected chi connectivity index (χ1v) is 7.78. The fourth-order valence-corrected chi connectivity index (χ4v) is 4.19. The third-order valence-corrected chi connectivity index (χ3v) is 5.12. The topological polar surface area (TPSA) is 58.6 Å². The molecule has 1 amide bonds. The summed E-state index contributed by atoms with van der Waals surface area (Å²) in [5.41, 5.74) is 1.68. The number of rotatable bonds is 2. The molecule has 0 radical (unpaired) electrons. The Labute approximate surface area is 121 Å². The lowest BCUT2D eigenvalue weighted by molar-refractivity contribution is -0.119. The number of thiophene rings is 1. The molecule has 0 saturated carbocycles. The van der Waals surface area contributed by atoms with E-state index < -0.39 is 0 Å². The Morgan fingerprint density at radius 1 is 1.35 bits per heavy atom. The Bertz CT molecular complexity index is 553. The average molecular weight is 294 g/mol. The molecule has 0 unspecified atom stereocenters. The summed E-state index contributed by atoms with van der Waals surface area (Å²) in [5, 5.41) is 4.09. The summed E-state index contributed by atoms with van der Waals surface area (Å²) >= 11 is 1.56. The van der Waals surface area contributed by atoms with Gasteiger partial charge >= 0.3 is 5.97 Å². The van der Waals surface area contributed by atoms with Crippen LogP contribution in [0.4, 0.5) is 5.00 Å². The summed E-state index contributed by atoms with van der Waals surface area (Å²) in [6.07, 6.45) is 3.32. The van der Waals surface area contributed by atoms with E-state index in [0.29, 0.717) is 18.5 Å². The van der Waals surface area contributed by atoms with Crippen molar-refractivity contribution in [3.05, 3.63) is 16.0 Å². The molecule has 2 aliphatic rings.